The van der Waals surface area contributed by atoms with Gasteiger partial charge in [-0.25, -0.2) is 13.1 Å². The number of esters is 1. The third kappa shape index (κ3) is 6.34. The largest absolute Gasteiger partial charge is 0.469 e. The molecule has 1 aromatic carbocycles. The van der Waals surface area contributed by atoms with Crippen molar-refractivity contribution in [3.63, 3.8) is 0 Å². The van der Waals surface area contributed by atoms with E-state index in [1.165, 1.54) is 25.3 Å². The Kier molecular flexibility index (Phi) is 7.65. The van der Waals surface area contributed by atoms with Crippen LogP contribution in [0.15, 0.2) is 27.6 Å². The van der Waals surface area contributed by atoms with Crippen LogP contribution in [0.2, 0.25) is 5.02 Å². The molecular formula is C13H17BrClNO4S. The maximum atomic E-state index is 12.0. The first-order chi connectivity index (χ1) is 9.86. The van der Waals surface area contributed by atoms with Gasteiger partial charge in [-0.05, 0) is 47.0 Å². The van der Waals surface area contributed by atoms with Crippen molar-refractivity contribution in [1.82, 2.24) is 4.72 Å². The van der Waals surface area contributed by atoms with Crippen LogP contribution < -0.4 is 4.72 Å². The van der Waals surface area contributed by atoms with Crippen LogP contribution in [-0.4, -0.2) is 28.0 Å². The zero-order chi connectivity index (χ0) is 15.9. The Morgan fingerprint density at radius 1 is 1.33 bits per heavy atom. The van der Waals surface area contributed by atoms with Crippen molar-refractivity contribution in [2.75, 3.05) is 13.7 Å². The highest BCUT2D eigenvalue weighted by molar-refractivity contribution is 9.10. The number of nitrogens with one attached hydrogen (secondary N) is 1. The predicted molar refractivity (Wildman–Crippen MR) is 84.8 cm³/mol. The highest BCUT2D eigenvalue weighted by atomic mass is 79.9. The van der Waals surface area contributed by atoms with E-state index in [1.54, 1.807) is 0 Å². The molecule has 5 nitrogen and oxygen atoms in total. The van der Waals surface area contributed by atoms with Gasteiger partial charge in [0.25, 0.3) is 0 Å². The summed E-state index contributed by atoms with van der Waals surface area (Å²) in [4.78, 5) is 11.1. The molecule has 0 saturated heterocycles. The van der Waals surface area contributed by atoms with Gasteiger partial charge in [-0.1, -0.05) is 18.0 Å². The third-order valence-corrected chi connectivity index (χ3v) is 5.45. The summed E-state index contributed by atoms with van der Waals surface area (Å²) in [6.07, 6.45) is 2.45. The zero-order valence-electron chi connectivity index (χ0n) is 11.6. The lowest BCUT2D eigenvalue weighted by molar-refractivity contribution is -0.140. The molecule has 1 rings (SSSR count). The number of carbonyl (C=O) groups excluding carboxylic acids is 1. The Bertz CT molecular complexity index is 592. The molecule has 0 spiro atoms. The molecule has 0 atom stereocenters. The van der Waals surface area contributed by atoms with Crippen LogP contribution in [0.1, 0.15) is 25.7 Å². The summed E-state index contributed by atoms with van der Waals surface area (Å²) in [5.74, 6) is -0.249. The standard InChI is InChI=1S/C13H17BrClNO4S/c1-20-13(17)5-3-2-4-8-16-21(18,19)10-6-7-12(15)11(14)9-10/h6-7,9,16H,2-5,8H2,1H3. The molecular weight excluding hydrogens is 382 g/mol. The molecule has 8 heteroatoms. The predicted octanol–water partition coefficient (Wildman–Crippen LogP) is 3.11. The summed E-state index contributed by atoms with van der Waals surface area (Å²) in [6.45, 7) is 0.323. The van der Waals surface area contributed by atoms with E-state index in [4.69, 9.17) is 11.6 Å². The smallest absolute Gasteiger partial charge is 0.305 e. The van der Waals surface area contributed by atoms with E-state index in [2.05, 4.69) is 25.4 Å². The fourth-order valence-electron chi connectivity index (χ4n) is 1.61. The molecule has 0 saturated carbocycles. The summed E-state index contributed by atoms with van der Waals surface area (Å²) >= 11 is 9.02. The minimum atomic E-state index is -3.54. The second-order valence-corrected chi connectivity index (χ2v) is 7.39. The highest BCUT2D eigenvalue weighted by Crippen LogP contribution is 2.25. The van der Waals surface area contributed by atoms with E-state index in [1.807, 2.05) is 0 Å². The molecule has 118 valence electrons. The van der Waals surface area contributed by atoms with Crippen molar-refractivity contribution in [3.05, 3.63) is 27.7 Å². The van der Waals surface area contributed by atoms with Gasteiger partial charge < -0.3 is 4.74 Å². The summed E-state index contributed by atoms with van der Waals surface area (Å²) in [5, 5.41) is 0.455. The van der Waals surface area contributed by atoms with Crippen LogP contribution in [0.3, 0.4) is 0 Å². The van der Waals surface area contributed by atoms with E-state index in [9.17, 15) is 13.2 Å². The number of rotatable bonds is 8. The van der Waals surface area contributed by atoms with E-state index in [0.717, 1.165) is 6.42 Å². The van der Waals surface area contributed by atoms with Crippen LogP contribution in [-0.2, 0) is 19.6 Å². The lowest BCUT2D eigenvalue weighted by Gasteiger charge is -2.07. The zero-order valence-corrected chi connectivity index (χ0v) is 14.7. The van der Waals surface area contributed by atoms with Crippen LogP contribution in [0.25, 0.3) is 0 Å². The number of benzene rings is 1. The molecule has 0 unspecified atom stereocenters. The second-order valence-electron chi connectivity index (χ2n) is 4.36. The molecule has 1 N–H and O–H groups in total. The number of carbonyl (C=O) groups is 1. The third-order valence-electron chi connectivity index (χ3n) is 2.78. The molecule has 0 bridgehead atoms. The average molecular weight is 399 g/mol. The first kappa shape index (κ1) is 18.4. The lowest BCUT2D eigenvalue weighted by atomic mass is 10.2. The van der Waals surface area contributed by atoms with E-state index < -0.39 is 10.0 Å². The molecule has 0 heterocycles. The van der Waals surface area contributed by atoms with Crippen molar-refractivity contribution in [2.45, 2.75) is 30.6 Å². The summed E-state index contributed by atoms with van der Waals surface area (Å²) in [5.41, 5.74) is 0. The van der Waals surface area contributed by atoms with Gasteiger partial charge in [0.1, 0.15) is 0 Å². The first-order valence-corrected chi connectivity index (χ1v) is 9.04. The Morgan fingerprint density at radius 2 is 2.05 bits per heavy atom. The normalized spacial score (nSPS) is 11.4. The SMILES string of the molecule is COC(=O)CCCCCNS(=O)(=O)c1ccc(Cl)c(Br)c1. The quantitative estimate of drug-likeness (QED) is 0.539. The van der Waals surface area contributed by atoms with Gasteiger partial charge in [0.15, 0.2) is 0 Å². The van der Waals surface area contributed by atoms with E-state index in [-0.39, 0.29) is 10.9 Å². The summed E-state index contributed by atoms with van der Waals surface area (Å²) in [7, 11) is -2.19. The number of unbranched alkanes of at least 4 members (excludes halogenated alkanes) is 2. The van der Waals surface area contributed by atoms with Crippen LogP contribution in [0, 0.1) is 0 Å². The molecule has 0 radical (unpaired) electrons. The number of hydrogen-bond acceptors (Lipinski definition) is 4. The molecule has 0 aliphatic carbocycles. The number of halogens is 2. The molecule has 0 aliphatic heterocycles. The minimum absolute atomic E-state index is 0.160. The molecule has 0 aromatic heterocycles. The fraction of sp³-hybridized carbons (Fsp3) is 0.462. The van der Waals surface area contributed by atoms with Crippen molar-refractivity contribution in [2.24, 2.45) is 0 Å². The van der Waals surface area contributed by atoms with Gasteiger partial charge in [0, 0.05) is 17.4 Å². The summed E-state index contributed by atoms with van der Waals surface area (Å²) < 4.78 is 31.6. The van der Waals surface area contributed by atoms with Crippen molar-refractivity contribution < 1.29 is 17.9 Å². The summed E-state index contributed by atoms with van der Waals surface area (Å²) in [6, 6.07) is 4.44. The van der Waals surface area contributed by atoms with Crippen molar-refractivity contribution in [3.8, 4) is 0 Å². The lowest BCUT2D eigenvalue weighted by Crippen LogP contribution is -2.24. The van der Waals surface area contributed by atoms with Crippen LogP contribution in [0.4, 0.5) is 0 Å². The van der Waals surface area contributed by atoms with Gasteiger partial charge in [-0.3, -0.25) is 4.79 Å². The maximum Gasteiger partial charge on any atom is 0.305 e. The molecule has 21 heavy (non-hydrogen) atoms. The van der Waals surface area contributed by atoms with Crippen molar-refractivity contribution in [1.29, 1.82) is 0 Å². The topological polar surface area (TPSA) is 72.5 Å². The van der Waals surface area contributed by atoms with Crippen LogP contribution in [0.5, 0.6) is 0 Å². The Labute approximate surface area is 138 Å². The van der Waals surface area contributed by atoms with Gasteiger partial charge in [0.05, 0.1) is 17.0 Å². The van der Waals surface area contributed by atoms with Gasteiger partial charge >= 0.3 is 5.97 Å². The number of methoxy groups -OCH3 is 1. The first-order valence-electron chi connectivity index (χ1n) is 6.38. The highest BCUT2D eigenvalue weighted by Gasteiger charge is 2.14. The Morgan fingerprint density at radius 3 is 2.67 bits per heavy atom. The Hall–Kier alpha value is -0.630. The number of sulfonamides is 1. The molecule has 0 amide bonds. The Balaban J connectivity index is 2.40. The fourth-order valence-corrected chi connectivity index (χ4v) is 3.35. The van der Waals surface area contributed by atoms with Crippen molar-refractivity contribution >= 4 is 43.5 Å². The number of hydrogen-bond donors (Lipinski definition) is 1. The maximum absolute atomic E-state index is 12.0. The minimum Gasteiger partial charge on any atom is -0.469 e. The molecule has 0 fully saturated rings. The second kappa shape index (κ2) is 8.73. The average Bonchev–Trinajstić information content (AvgIpc) is 2.45. The van der Waals surface area contributed by atoms with Gasteiger partial charge in [0.2, 0.25) is 10.0 Å². The number of ether oxygens (including phenoxy) is 1. The van der Waals surface area contributed by atoms with Gasteiger partial charge in [-0.2, -0.15) is 0 Å². The van der Waals surface area contributed by atoms with Crippen LogP contribution >= 0.6 is 27.5 Å². The molecule has 0 aliphatic rings. The van der Waals surface area contributed by atoms with Gasteiger partial charge in [-0.15, -0.1) is 0 Å². The van der Waals surface area contributed by atoms with E-state index in [0.29, 0.717) is 35.3 Å². The molecule has 1 aromatic rings. The monoisotopic (exact) mass is 397 g/mol. The van der Waals surface area contributed by atoms with E-state index >= 15 is 0 Å².